The molecule has 3 atom stereocenters. The number of amides is 1. The summed E-state index contributed by atoms with van der Waals surface area (Å²) in [5, 5.41) is 3.08. The molecule has 1 unspecified atom stereocenters. The van der Waals surface area contributed by atoms with Gasteiger partial charge in [-0.2, -0.15) is 0 Å². The molecule has 0 bridgehead atoms. The summed E-state index contributed by atoms with van der Waals surface area (Å²) in [6.45, 7) is 17.2. The summed E-state index contributed by atoms with van der Waals surface area (Å²) < 4.78 is 5.40. The van der Waals surface area contributed by atoms with Crippen LogP contribution in [0.15, 0.2) is 0 Å². The van der Waals surface area contributed by atoms with E-state index in [0.29, 0.717) is 18.4 Å². The third-order valence-corrected chi connectivity index (χ3v) is 4.36. The normalized spacial score (nSPS) is 26.9. The van der Waals surface area contributed by atoms with Crippen molar-refractivity contribution < 1.29 is 9.53 Å². The molecule has 0 radical (unpaired) electrons. The molecule has 0 aromatic carbocycles. The third-order valence-electron chi connectivity index (χ3n) is 4.36. The molecule has 4 heteroatoms. The quantitative estimate of drug-likeness (QED) is 0.836. The Balaban J connectivity index is 2.81. The van der Waals surface area contributed by atoms with Gasteiger partial charge in [-0.1, -0.05) is 34.6 Å². The first-order chi connectivity index (χ1) is 8.80. The fourth-order valence-corrected chi connectivity index (χ4v) is 3.18. The van der Waals surface area contributed by atoms with E-state index in [4.69, 9.17) is 10.5 Å². The molecule has 0 aliphatic heterocycles. The summed E-state index contributed by atoms with van der Waals surface area (Å²) in [5.41, 5.74) is 5.55. The predicted octanol–water partition coefficient (Wildman–Crippen LogP) is 3.16. The molecule has 0 aromatic heterocycles. The van der Waals surface area contributed by atoms with Crippen molar-refractivity contribution in [1.82, 2.24) is 5.32 Å². The van der Waals surface area contributed by atoms with Crippen LogP contribution in [0.5, 0.6) is 0 Å². The highest BCUT2D eigenvalue weighted by molar-refractivity contribution is 5.68. The summed E-state index contributed by atoms with van der Waals surface area (Å²) in [6, 6.07) is 0.0703. The molecule has 3 N–H and O–H groups in total. The molecule has 0 spiro atoms. The second kappa shape index (κ2) is 5.21. The van der Waals surface area contributed by atoms with Crippen molar-refractivity contribution in [3.63, 3.8) is 0 Å². The maximum atomic E-state index is 12.1. The average molecular weight is 284 g/mol. The van der Waals surface area contributed by atoms with Crippen LogP contribution in [0, 0.1) is 22.7 Å². The topological polar surface area (TPSA) is 64.3 Å². The van der Waals surface area contributed by atoms with Crippen molar-refractivity contribution in [2.24, 2.45) is 28.4 Å². The Bertz CT molecular complexity index is 364. The number of ether oxygens (including phenoxy) is 1. The van der Waals surface area contributed by atoms with E-state index in [0.717, 1.165) is 0 Å². The van der Waals surface area contributed by atoms with Crippen LogP contribution in [-0.2, 0) is 4.74 Å². The van der Waals surface area contributed by atoms with Gasteiger partial charge in [0.25, 0.3) is 0 Å². The van der Waals surface area contributed by atoms with E-state index in [-0.39, 0.29) is 23.0 Å². The molecule has 0 aromatic rings. The lowest BCUT2D eigenvalue weighted by Gasteiger charge is -2.34. The zero-order chi connectivity index (χ0) is 15.9. The van der Waals surface area contributed by atoms with Gasteiger partial charge in [0.1, 0.15) is 5.60 Å². The minimum atomic E-state index is -0.473. The lowest BCUT2D eigenvalue weighted by Crippen LogP contribution is -2.48. The molecule has 1 aliphatic rings. The number of carbonyl (C=O) groups excluding carboxylic acids is 1. The van der Waals surface area contributed by atoms with Gasteiger partial charge in [-0.15, -0.1) is 0 Å². The maximum absolute atomic E-state index is 12.1. The van der Waals surface area contributed by atoms with Crippen molar-refractivity contribution in [2.45, 2.75) is 67.0 Å². The van der Waals surface area contributed by atoms with Crippen molar-refractivity contribution in [2.75, 3.05) is 6.54 Å². The largest absolute Gasteiger partial charge is 0.444 e. The van der Waals surface area contributed by atoms with E-state index in [9.17, 15) is 4.79 Å². The summed E-state index contributed by atoms with van der Waals surface area (Å²) in [4.78, 5) is 12.1. The number of rotatable bonds is 3. The van der Waals surface area contributed by atoms with Crippen molar-refractivity contribution in [3.05, 3.63) is 0 Å². The Morgan fingerprint density at radius 1 is 1.25 bits per heavy atom. The number of hydrogen-bond donors (Lipinski definition) is 2. The van der Waals surface area contributed by atoms with Crippen molar-refractivity contribution in [1.29, 1.82) is 0 Å². The number of nitrogens with one attached hydrogen (secondary N) is 1. The SMILES string of the molecule is CC(C)(C)OC(=O)NC([C@@H]1[C@@H](CN)C1(C)C)C(C)(C)C. The highest BCUT2D eigenvalue weighted by Crippen LogP contribution is 2.61. The minimum absolute atomic E-state index is 0.0250. The van der Waals surface area contributed by atoms with Crippen LogP contribution in [0.25, 0.3) is 0 Å². The number of nitrogens with two attached hydrogens (primary N) is 1. The first kappa shape index (κ1) is 17.3. The van der Waals surface area contributed by atoms with Gasteiger partial charge in [-0.05, 0) is 50.0 Å². The number of alkyl carbamates (subject to hydrolysis) is 1. The molecule has 4 nitrogen and oxygen atoms in total. The van der Waals surface area contributed by atoms with Gasteiger partial charge in [0.05, 0.1) is 0 Å². The van der Waals surface area contributed by atoms with Crippen LogP contribution in [0.1, 0.15) is 55.4 Å². The van der Waals surface area contributed by atoms with Gasteiger partial charge in [0, 0.05) is 6.04 Å². The van der Waals surface area contributed by atoms with Crippen LogP contribution in [0.3, 0.4) is 0 Å². The van der Waals surface area contributed by atoms with E-state index >= 15 is 0 Å². The van der Waals surface area contributed by atoms with Crippen LogP contribution in [-0.4, -0.2) is 24.3 Å². The fourth-order valence-electron chi connectivity index (χ4n) is 3.18. The van der Waals surface area contributed by atoms with Crippen LogP contribution in [0.2, 0.25) is 0 Å². The third kappa shape index (κ3) is 3.87. The lowest BCUT2D eigenvalue weighted by molar-refractivity contribution is 0.0442. The molecular formula is C16H32N2O2. The Kier molecular flexibility index (Phi) is 4.50. The molecule has 1 saturated carbocycles. The molecule has 118 valence electrons. The van der Waals surface area contributed by atoms with Crippen molar-refractivity contribution >= 4 is 6.09 Å². The first-order valence-corrected chi connectivity index (χ1v) is 7.50. The van der Waals surface area contributed by atoms with Gasteiger partial charge in [0.2, 0.25) is 0 Å². The second-order valence-electron chi connectivity index (χ2n) is 8.68. The van der Waals surface area contributed by atoms with E-state index in [1.54, 1.807) is 0 Å². The highest BCUT2D eigenvalue weighted by atomic mass is 16.6. The Morgan fingerprint density at radius 3 is 2.05 bits per heavy atom. The van der Waals surface area contributed by atoms with Gasteiger partial charge in [-0.3, -0.25) is 0 Å². The van der Waals surface area contributed by atoms with Crippen LogP contribution >= 0.6 is 0 Å². The summed E-state index contributed by atoms with van der Waals surface area (Å²) in [5.74, 6) is 0.863. The van der Waals surface area contributed by atoms with Crippen LogP contribution < -0.4 is 11.1 Å². The van der Waals surface area contributed by atoms with Gasteiger partial charge >= 0.3 is 6.09 Å². The first-order valence-electron chi connectivity index (χ1n) is 7.50. The predicted molar refractivity (Wildman–Crippen MR) is 82.4 cm³/mol. The smallest absolute Gasteiger partial charge is 0.407 e. The molecule has 1 aliphatic carbocycles. The molecule has 1 rings (SSSR count). The highest BCUT2D eigenvalue weighted by Gasteiger charge is 2.62. The Morgan fingerprint density at radius 2 is 1.75 bits per heavy atom. The molecule has 1 fully saturated rings. The monoisotopic (exact) mass is 284 g/mol. The molecule has 0 heterocycles. The van der Waals surface area contributed by atoms with Gasteiger partial charge < -0.3 is 15.8 Å². The minimum Gasteiger partial charge on any atom is -0.444 e. The fraction of sp³-hybridized carbons (Fsp3) is 0.938. The van der Waals surface area contributed by atoms with E-state index in [1.165, 1.54) is 0 Å². The van der Waals surface area contributed by atoms with Gasteiger partial charge in [0.15, 0.2) is 0 Å². The summed E-state index contributed by atoms with van der Waals surface area (Å²) in [7, 11) is 0. The summed E-state index contributed by atoms with van der Waals surface area (Å²) >= 11 is 0. The van der Waals surface area contributed by atoms with E-state index < -0.39 is 5.60 Å². The molecule has 1 amide bonds. The average Bonchev–Trinajstić information content (AvgIpc) is 2.72. The number of carbonyl (C=O) groups is 1. The van der Waals surface area contributed by atoms with E-state index in [1.807, 2.05) is 20.8 Å². The molecule has 20 heavy (non-hydrogen) atoms. The standard InChI is InChI=1S/C16H32N2O2/c1-14(2,3)12(11-10(9-17)16(11,7)8)18-13(19)20-15(4,5)6/h10-12H,9,17H2,1-8H3,(H,18,19)/t10-,11+,12?/m1/s1. The summed E-state index contributed by atoms with van der Waals surface area (Å²) in [6.07, 6.45) is -0.337. The zero-order valence-electron chi connectivity index (χ0n) is 14.3. The zero-order valence-corrected chi connectivity index (χ0v) is 14.3. The molecule has 0 saturated heterocycles. The van der Waals surface area contributed by atoms with Gasteiger partial charge in [-0.25, -0.2) is 4.79 Å². The number of hydrogen-bond acceptors (Lipinski definition) is 3. The lowest BCUT2D eigenvalue weighted by atomic mass is 9.81. The van der Waals surface area contributed by atoms with E-state index in [2.05, 4.69) is 39.9 Å². The Labute approximate surface area is 123 Å². The maximum Gasteiger partial charge on any atom is 0.407 e. The van der Waals surface area contributed by atoms with Crippen LogP contribution in [0.4, 0.5) is 4.79 Å². The molecular weight excluding hydrogens is 252 g/mol. The Hall–Kier alpha value is -0.770. The second-order valence-corrected chi connectivity index (χ2v) is 8.68. The van der Waals surface area contributed by atoms with Crippen molar-refractivity contribution in [3.8, 4) is 0 Å².